The second kappa shape index (κ2) is 5.09. The Hall–Kier alpha value is -1.91. The van der Waals surface area contributed by atoms with Crippen LogP contribution in [0.5, 0.6) is 0 Å². The summed E-state index contributed by atoms with van der Waals surface area (Å²) in [5, 5.41) is 2.59. The van der Waals surface area contributed by atoms with Gasteiger partial charge in [-0.1, -0.05) is 6.07 Å². The molecule has 1 N–H and O–H groups in total. The van der Waals surface area contributed by atoms with Crippen molar-refractivity contribution in [3.63, 3.8) is 0 Å². The molecule has 0 atom stereocenters. The summed E-state index contributed by atoms with van der Waals surface area (Å²) in [4.78, 5) is 26.4. The van der Waals surface area contributed by atoms with E-state index in [1.54, 1.807) is 6.07 Å². The van der Waals surface area contributed by atoms with Crippen molar-refractivity contribution in [2.24, 2.45) is 0 Å². The molecular formula is C10H12N2O3. The van der Waals surface area contributed by atoms with Crippen LogP contribution in [0.3, 0.4) is 0 Å². The van der Waals surface area contributed by atoms with E-state index in [0.29, 0.717) is 6.54 Å². The lowest BCUT2D eigenvalue weighted by molar-refractivity contribution is 0.0594. The number of nitrogens with zero attached hydrogens (tertiary/aromatic N) is 1. The zero-order valence-corrected chi connectivity index (χ0v) is 8.61. The molecule has 1 rings (SSSR count). The van der Waals surface area contributed by atoms with Gasteiger partial charge in [-0.05, 0) is 19.1 Å². The molecule has 0 aromatic carbocycles. The first-order valence-electron chi connectivity index (χ1n) is 4.52. The van der Waals surface area contributed by atoms with Gasteiger partial charge in [-0.25, -0.2) is 9.78 Å². The number of methoxy groups -OCH3 is 1. The molecule has 0 spiro atoms. The van der Waals surface area contributed by atoms with E-state index in [4.69, 9.17) is 0 Å². The summed E-state index contributed by atoms with van der Waals surface area (Å²) in [6.45, 7) is 2.32. The molecule has 0 aliphatic rings. The van der Waals surface area contributed by atoms with E-state index in [2.05, 4.69) is 15.0 Å². The monoisotopic (exact) mass is 208 g/mol. The predicted molar refractivity (Wildman–Crippen MR) is 53.6 cm³/mol. The first kappa shape index (κ1) is 11.2. The van der Waals surface area contributed by atoms with Crippen LogP contribution >= 0.6 is 0 Å². The Kier molecular flexibility index (Phi) is 3.79. The number of pyridine rings is 1. The molecular weight excluding hydrogens is 196 g/mol. The second-order valence-electron chi connectivity index (χ2n) is 2.76. The van der Waals surface area contributed by atoms with Gasteiger partial charge in [0.2, 0.25) is 0 Å². The maximum absolute atomic E-state index is 11.4. The number of ether oxygens (including phenoxy) is 1. The van der Waals surface area contributed by atoms with Gasteiger partial charge in [-0.3, -0.25) is 4.79 Å². The number of nitrogens with one attached hydrogen (secondary N) is 1. The fraction of sp³-hybridized carbons (Fsp3) is 0.300. The Morgan fingerprint density at radius 2 is 2.07 bits per heavy atom. The molecule has 0 saturated carbocycles. The van der Waals surface area contributed by atoms with E-state index < -0.39 is 5.97 Å². The van der Waals surface area contributed by atoms with E-state index in [1.807, 2.05) is 6.92 Å². The van der Waals surface area contributed by atoms with Gasteiger partial charge in [0.25, 0.3) is 5.91 Å². The molecule has 5 nitrogen and oxygen atoms in total. The SMILES string of the molecule is CCNC(=O)c1cccc(C(=O)OC)n1. The van der Waals surface area contributed by atoms with Gasteiger partial charge in [-0.2, -0.15) is 0 Å². The van der Waals surface area contributed by atoms with Crippen LogP contribution in [0.15, 0.2) is 18.2 Å². The Morgan fingerprint density at radius 1 is 1.40 bits per heavy atom. The minimum atomic E-state index is -0.554. The molecule has 1 aromatic rings. The van der Waals surface area contributed by atoms with Crippen LogP contribution in [0.1, 0.15) is 27.9 Å². The maximum atomic E-state index is 11.4. The van der Waals surface area contributed by atoms with Crippen LogP contribution in [0, 0.1) is 0 Å². The highest BCUT2D eigenvalue weighted by molar-refractivity contribution is 5.94. The molecule has 5 heteroatoms. The quantitative estimate of drug-likeness (QED) is 0.739. The number of carbonyl (C=O) groups is 2. The summed E-state index contributed by atoms with van der Waals surface area (Å²) in [7, 11) is 1.27. The number of rotatable bonds is 3. The lowest BCUT2D eigenvalue weighted by atomic mass is 10.3. The fourth-order valence-electron chi connectivity index (χ4n) is 1.03. The van der Waals surface area contributed by atoms with Gasteiger partial charge in [0.15, 0.2) is 0 Å². The van der Waals surface area contributed by atoms with E-state index in [-0.39, 0.29) is 17.3 Å². The highest BCUT2D eigenvalue weighted by atomic mass is 16.5. The molecule has 0 unspecified atom stereocenters. The normalized spacial score (nSPS) is 9.47. The largest absolute Gasteiger partial charge is 0.464 e. The van der Waals surface area contributed by atoms with Crippen LogP contribution in [-0.2, 0) is 4.74 Å². The molecule has 0 radical (unpaired) electrons. The molecule has 15 heavy (non-hydrogen) atoms. The van der Waals surface area contributed by atoms with Gasteiger partial charge < -0.3 is 10.1 Å². The van der Waals surface area contributed by atoms with Crippen molar-refractivity contribution in [1.82, 2.24) is 10.3 Å². The van der Waals surface area contributed by atoms with Crippen LogP contribution in [0.4, 0.5) is 0 Å². The summed E-state index contributed by atoms with van der Waals surface area (Å²) in [6.07, 6.45) is 0. The van der Waals surface area contributed by atoms with E-state index >= 15 is 0 Å². The fourth-order valence-corrected chi connectivity index (χ4v) is 1.03. The van der Waals surface area contributed by atoms with Crippen molar-refractivity contribution in [3.05, 3.63) is 29.6 Å². The molecule has 1 amide bonds. The van der Waals surface area contributed by atoms with Gasteiger partial charge >= 0.3 is 5.97 Å². The zero-order chi connectivity index (χ0) is 11.3. The minimum Gasteiger partial charge on any atom is -0.464 e. The summed E-state index contributed by atoms with van der Waals surface area (Å²) in [5.41, 5.74) is 0.334. The summed E-state index contributed by atoms with van der Waals surface area (Å²) < 4.78 is 4.50. The molecule has 1 heterocycles. The average molecular weight is 208 g/mol. The molecule has 1 aromatic heterocycles. The molecule has 0 bridgehead atoms. The Balaban J connectivity index is 2.92. The summed E-state index contributed by atoms with van der Waals surface area (Å²) in [6, 6.07) is 4.62. The maximum Gasteiger partial charge on any atom is 0.356 e. The van der Waals surface area contributed by atoms with Gasteiger partial charge in [0.05, 0.1) is 7.11 Å². The third kappa shape index (κ3) is 2.77. The van der Waals surface area contributed by atoms with Crippen molar-refractivity contribution in [1.29, 1.82) is 0 Å². The van der Waals surface area contributed by atoms with Gasteiger partial charge in [-0.15, -0.1) is 0 Å². The average Bonchev–Trinajstić information content (AvgIpc) is 2.28. The van der Waals surface area contributed by atoms with Gasteiger partial charge in [0.1, 0.15) is 11.4 Å². The van der Waals surface area contributed by atoms with Crippen LogP contribution < -0.4 is 5.32 Å². The number of carbonyl (C=O) groups excluding carboxylic acids is 2. The third-order valence-corrected chi connectivity index (χ3v) is 1.71. The van der Waals surface area contributed by atoms with E-state index in [9.17, 15) is 9.59 Å². The van der Waals surface area contributed by atoms with E-state index in [1.165, 1.54) is 19.2 Å². The Bertz CT molecular complexity index is 377. The smallest absolute Gasteiger partial charge is 0.356 e. The van der Waals surface area contributed by atoms with Crippen molar-refractivity contribution < 1.29 is 14.3 Å². The summed E-state index contributed by atoms with van der Waals surface area (Å²) >= 11 is 0. The van der Waals surface area contributed by atoms with Crippen molar-refractivity contribution >= 4 is 11.9 Å². The van der Waals surface area contributed by atoms with Crippen LogP contribution in [0.25, 0.3) is 0 Å². The van der Waals surface area contributed by atoms with Crippen molar-refractivity contribution in [2.75, 3.05) is 13.7 Å². The predicted octanol–water partition coefficient (Wildman–Crippen LogP) is 0.618. The van der Waals surface area contributed by atoms with Gasteiger partial charge in [0, 0.05) is 6.54 Å². The Labute approximate surface area is 87.5 Å². The second-order valence-corrected chi connectivity index (χ2v) is 2.76. The highest BCUT2D eigenvalue weighted by Crippen LogP contribution is 2.01. The minimum absolute atomic E-state index is 0.126. The molecule has 0 aliphatic carbocycles. The van der Waals surface area contributed by atoms with E-state index in [0.717, 1.165) is 0 Å². The Morgan fingerprint density at radius 3 is 2.67 bits per heavy atom. The first-order valence-corrected chi connectivity index (χ1v) is 4.52. The first-order chi connectivity index (χ1) is 7.19. The molecule has 0 fully saturated rings. The number of aromatic nitrogens is 1. The topological polar surface area (TPSA) is 68.3 Å². The van der Waals surface area contributed by atoms with Crippen LogP contribution in [0.2, 0.25) is 0 Å². The lowest BCUT2D eigenvalue weighted by Crippen LogP contribution is -2.24. The molecule has 80 valence electrons. The molecule has 0 aliphatic heterocycles. The summed E-state index contributed by atoms with van der Waals surface area (Å²) in [5.74, 6) is -0.857. The van der Waals surface area contributed by atoms with Crippen molar-refractivity contribution in [2.45, 2.75) is 6.92 Å². The zero-order valence-electron chi connectivity index (χ0n) is 8.61. The highest BCUT2D eigenvalue weighted by Gasteiger charge is 2.11. The molecule has 0 saturated heterocycles. The number of hydrogen-bond donors (Lipinski definition) is 1. The van der Waals surface area contributed by atoms with Crippen molar-refractivity contribution in [3.8, 4) is 0 Å². The third-order valence-electron chi connectivity index (χ3n) is 1.71. The van der Waals surface area contributed by atoms with Crippen LogP contribution in [-0.4, -0.2) is 30.5 Å². The lowest BCUT2D eigenvalue weighted by Gasteiger charge is -2.02. The standard InChI is InChI=1S/C10H12N2O3/c1-3-11-9(13)7-5-4-6-8(12-7)10(14)15-2/h4-6H,3H2,1-2H3,(H,11,13). The number of amides is 1. The number of esters is 1. The number of hydrogen-bond acceptors (Lipinski definition) is 4.